The molecule has 2 aromatic rings. The fourth-order valence-corrected chi connectivity index (χ4v) is 3.20. The number of para-hydroxylation sites is 1. The van der Waals surface area contributed by atoms with Crippen LogP contribution in [0.3, 0.4) is 0 Å². The number of carbonyl (C=O) groups excluding carboxylic acids is 1. The first-order chi connectivity index (χ1) is 11.0. The first-order valence-electron chi connectivity index (χ1n) is 6.65. The van der Waals surface area contributed by atoms with Crippen molar-refractivity contribution in [2.45, 2.75) is 17.0 Å². The second kappa shape index (κ2) is 7.85. The molecule has 1 heterocycles. The summed E-state index contributed by atoms with van der Waals surface area (Å²) in [4.78, 5) is 20.2. The lowest BCUT2D eigenvalue weighted by molar-refractivity contribution is -0.113. The van der Waals surface area contributed by atoms with Gasteiger partial charge >= 0.3 is 0 Å². The largest absolute Gasteiger partial charge is 0.368 e. The second-order valence-electron chi connectivity index (χ2n) is 4.53. The third-order valence-corrected chi connectivity index (χ3v) is 4.58. The van der Waals surface area contributed by atoms with E-state index in [4.69, 9.17) is 5.73 Å². The number of anilines is 2. The lowest BCUT2D eigenvalue weighted by Crippen LogP contribution is -2.15. The number of nitrogens with one attached hydrogen (secondary N) is 1. The molecular weight excluding hydrogens is 330 g/mol. The van der Waals surface area contributed by atoms with Crippen LogP contribution in [0.4, 0.5) is 11.6 Å². The molecule has 1 amide bonds. The van der Waals surface area contributed by atoms with Crippen molar-refractivity contribution in [1.82, 2.24) is 9.97 Å². The minimum absolute atomic E-state index is 0.0927. The van der Waals surface area contributed by atoms with Crippen molar-refractivity contribution in [2.75, 3.05) is 23.1 Å². The molecule has 0 saturated heterocycles. The number of carbonyl (C=O) groups is 1. The Morgan fingerprint density at radius 2 is 2.04 bits per heavy atom. The number of aromatic nitrogens is 2. The van der Waals surface area contributed by atoms with Crippen LogP contribution in [0.2, 0.25) is 0 Å². The molecule has 0 fully saturated rings. The Morgan fingerprint density at radius 3 is 2.70 bits per heavy atom. The number of benzene rings is 1. The predicted molar refractivity (Wildman–Crippen MR) is 93.5 cm³/mol. The number of thioether (sulfide) groups is 2. The summed E-state index contributed by atoms with van der Waals surface area (Å²) in [5, 5.41) is 13.0. The van der Waals surface area contributed by atoms with Crippen LogP contribution in [0, 0.1) is 18.3 Å². The fraction of sp³-hybridized carbons (Fsp3) is 0.200. The quantitative estimate of drug-likeness (QED) is 0.634. The summed E-state index contributed by atoms with van der Waals surface area (Å²) in [7, 11) is 0. The molecule has 23 heavy (non-hydrogen) atoms. The minimum Gasteiger partial charge on any atom is -0.368 e. The number of rotatable bonds is 5. The van der Waals surface area contributed by atoms with Gasteiger partial charge in [0.2, 0.25) is 11.9 Å². The molecule has 1 aromatic heterocycles. The molecule has 3 N–H and O–H groups in total. The molecule has 0 bridgehead atoms. The number of aryl methyl sites for hydroxylation is 1. The standard InChI is InChI=1S/C15H15N5OS2/c1-9-5-3-4-6-11(9)18-12(21)8-23-14-10(7-16)13(22-2)19-15(17)20-14/h3-6H,8H2,1-2H3,(H,18,21)(H2,17,19,20). The molecule has 0 unspecified atom stereocenters. The average Bonchev–Trinajstić information content (AvgIpc) is 2.54. The topological polar surface area (TPSA) is 105 Å². The van der Waals surface area contributed by atoms with Crippen molar-refractivity contribution < 1.29 is 4.79 Å². The van der Waals surface area contributed by atoms with E-state index in [2.05, 4.69) is 21.4 Å². The Labute approximate surface area is 142 Å². The lowest BCUT2D eigenvalue weighted by atomic mass is 10.2. The van der Waals surface area contributed by atoms with Crippen molar-refractivity contribution >= 4 is 41.1 Å². The molecule has 0 spiro atoms. The summed E-state index contributed by atoms with van der Waals surface area (Å²) in [6.45, 7) is 1.92. The van der Waals surface area contributed by atoms with Gasteiger partial charge in [0.05, 0.1) is 5.75 Å². The zero-order valence-electron chi connectivity index (χ0n) is 12.7. The Kier molecular flexibility index (Phi) is 5.84. The highest BCUT2D eigenvalue weighted by Gasteiger charge is 2.15. The highest BCUT2D eigenvalue weighted by molar-refractivity contribution is 8.00. The third kappa shape index (κ3) is 4.37. The summed E-state index contributed by atoms with van der Waals surface area (Å²) < 4.78 is 0. The highest BCUT2D eigenvalue weighted by atomic mass is 32.2. The summed E-state index contributed by atoms with van der Waals surface area (Å²) >= 11 is 2.49. The van der Waals surface area contributed by atoms with Gasteiger partial charge in [0, 0.05) is 5.69 Å². The number of nitrogen functional groups attached to an aromatic ring is 1. The van der Waals surface area contributed by atoms with E-state index < -0.39 is 0 Å². The van der Waals surface area contributed by atoms with Gasteiger partial charge in [-0.1, -0.05) is 30.0 Å². The molecule has 0 atom stereocenters. The predicted octanol–water partition coefficient (Wildman–Crippen LogP) is 2.69. The van der Waals surface area contributed by atoms with Crippen LogP contribution < -0.4 is 11.1 Å². The van der Waals surface area contributed by atoms with E-state index in [1.165, 1.54) is 23.5 Å². The number of hydrogen-bond donors (Lipinski definition) is 2. The number of nitriles is 1. The third-order valence-electron chi connectivity index (χ3n) is 2.92. The van der Waals surface area contributed by atoms with Crippen LogP contribution in [-0.4, -0.2) is 27.9 Å². The fourth-order valence-electron chi connectivity index (χ4n) is 1.82. The van der Waals surface area contributed by atoms with Crippen LogP contribution in [0.25, 0.3) is 0 Å². The first-order valence-corrected chi connectivity index (χ1v) is 8.86. The highest BCUT2D eigenvalue weighted by Crippen LogP contribution is 2.27. The molecule has 2 rings (SSSR count). The minimum atomic E-state index is -0.170. The van der Waals surface area contributed by atoms with E-state index in [9.17, 15) is 10.1 Å². The molecule has 1 aromatic carbocycles. The zero-order valence-corrected chi connectivity index (χ0v) is 14.3. The first kappa shape index (κ1) is 17.1. The molecule has 0 radical (unpaired) electrons. The van der Waals surface area contributed by atoms with Gasteiger partial charge in [-0.25, -0.2) is 9.97 Å². The maximum Gasteiger partial charge on any atom is 0.234 e. The van der Waals surface area contributed by atoms with E-state index in [0.717, 1.165) is 11.3 Å². The molecule has 0 aliphatic rings. The Balaban J connectivity index is 2.09. The van der Waals surface area contributed by atoms with Gasteiger partial charge in [-0.05, 0) is 24.8 Å². The second-order valence-corrected chi connectivity index (χ2v) is 6.29. The van der Waals surface area contributed by atoms with Gasteiger partial charge in [-0.3, -0.25) is 4.79 Å². The number of amides is 1. The Bertz CT molecular complexity index is 773. The van der Waals surface area contributed by atoms with Crippen molar-refractivity contribution in [3.63, 3.8) is 0 Å². The maximum absolute atomic E-state index is 12.1. The smallest absolute Gasteiger partial charge is 0.234 e. The van der Waals surface area contributed by atoms with E-state index in [1.54, 1.807) is 0 Å². The van der Waals surface area contributed by atoms with Crippen LogP contribution in [0.15, 0.2) is 34.3 Å². The van der Waals surface area contributed by atoms with Gasteiger partial charge in [-0.15, -0.1) is 11.8 Å². The van der Waals surface area contributed by atoms with Crippen molar-refractivity contribution in [3.8, 4) is 6.07 Å². The molecule has 0 aliphatic carbocycles. The van der Waals surface area contributed by atoms with Crippen molar-refractivity contribution in [2.24, 2.45) is 0 Å². The molecule has 6 nitrogen and oxygen atoms in total. The molecular formula is C15H15N5OS2. The van der Waals surface area contributed by atoms with Gasteiger partial charge < -0.3 is 11.1 Å². The van der Waals surface area contributed by atoms with E-state index in [1.807, 2.05) is 37.4 Å². The monoisotopic (exact) mass is 345 g/mol. The maximum atomic E-state index is 12.1. The van der Waals surface area contributed by atoms with E-state index in [0.29, 0.717) is 15.6 Å². The normalized spacial score (nSPS) is 10.1. The lowest BCUT2D eigenvalue weighted by Gasteiger charge is -2.09. The van der Waals surface area contributed by atoms with Crippen LogP contribution >= 0.6 is 23.5 Å². The average molecular weight is 345 g/mol. The van der Waals surface area contributed by atoms with E-state index >= 15 is 0 Å². The number of nitrogens with two attached hydrogens (primary N) is 1. The van der Waals surface area contributed by atoms with Crippen LogP contribution in [0.1, 0.15) is 11.1 Å². The zero-order chi connectivity index (χ0) is 16.8. The van der Waals surface area contributed by atoms with E-state index in [-0.39, 0.29) is 17.6 Å². The van der Waals surface area contributed by atoms with Gasteiger partial charge in [-0.2, -0.15) is 5.26 Å². The molecule has 118 valence electrons. The summed E-state index contributed by atoms with van der Waals surface area (Å²) in [5.74, 6) is 0.0547. The summed E-state index contributed by atoms with van der Waals surface area (Å²) in [6.07, 6.45) is 1.81. The molecule has 0 saturated carbocycles. The Morgan fingerprint density at radius 1 is 1.35 bits per heavy atom. The van der Waals surface area contributed by atoms with Crippen molar-refractivity contribution in [1.29, 1.82) is 5.26 Å². The van der Waals surface area contributed by atoms with Gasteiger partial charge in [0.15, 0.2) is 0 Å². The number of hydrogen-bond acceptors (Lipinski definition) is 7. The summed E-state index contributed by atoms with van der Waals surface area (Å²) in [6, 6.07) is 9.60. The van der Waals surface area contributed by atoms with Crippen LogP contribution in [0.5, 0.6) is 0 Å². The Hall–Kier alpha value is -2.24. The van der Waals surface area contributed by atoms with Crippen molar-refractivity contribution in [3.05, 3.63) is 35.4 Å². The van der Waals surface area contributed by atoms with Crippen LogP contribution in [-0.2, 0) is 4.79 Å². The number of nitrogens with zero attached hydrogens (tertiary/aromatic N) is 3. The summed E-state index contributed by atoms with van der Waals surface area (Å²) in [5.41, 5.74) is 7.75. The molecule has 0 aliphatic heterocycles. The van der Waals surface area contributed by atoms with Gasteiger partial charge in [0.25, 0.3) is 0 Å². The SMILES string of the molecule is CSc1nc(N)nc(SCC(=O)Nc2ccccc2C)c1C#N. The molecule has 8 heteroatoms. The van der Waals surface area contributed by atoms with Gasteiger partial charge in [0.1, 0.15) is 21.7 Å².